The summed E-state index contributed by atoms with van der Waals surface area (Å²) >= 11 is 0. The van der Waals surface area contributed by atoms with Gasteiger partial charge in [-0.1, -0.05) is 36.4 Å². The lowest BCUT2D eigenvalue weighted by atomic mass is 10.1. The number of amides is 3. The topological polar surface area (TPSA) is 162 Å². The lowest BCUT2D eigenvalue weighted by Crippen LogP contribution is -2.30. The molecule has 0 aliphatic carbocycles. The smallest absolute Gasteiger partial charge is 0.308 e. The SMILES string of the molecule is CN(CCOCCOCCOCCC(=O)OC(C)(C)C)C(=O)c1cccc(C(=O)Nc2ccc(N3CCCCC3)cc2C(=O)Nc2cnc(-c3ccccc3)nc2)c1. The molecule has 14 heteroatoms. The molecule has 4 aromatic rings. The number of nitrogens with zero attached hydrogens (tertiary/aromatic N) is 4. The van der Waals surface area contributed by atoms with Crippen molar-refractivity contribution in [2.75, 3.05) is 81.9 Å². The van der Waals surface area contributed by atoms with Crippen molar-refractivity contribution in [1.82, 2.24) is 14.9 Å². The van der Waals surface area contributed by atoms with E-state index >= 15 is 0 Å². The fourth-order valence-corrected chi connectivity index (χ4v) is 6.11. The standard InChI is InChI=1S/C44H54N6O8/c1-44(2,3)58-39(51)18-22-55-24-26-57-27-25-56-23-21-49(4)43(54)34-15-11-14-33(28-34)41(52)48-38-17-16-36(50-19-9-6-10-20-50)29-37(38)42(53)47-35-30-45-40(46-31-35)32-12-7-5-8-13-32/h5,7-8,11-17,28-31H,6,9-10,18-27H2,1-4H3,(H,47,53)(H,48,52). The number of carbonyl (C=O) groups is 4. The van der Waals surface area contributed by atoms with Crippen LogP contribution in [0.3, 0.4) is 0 Å². The van der Waals surface area contributed by atoms with E-state index in [1.165, 1.54) is 11.0 Å². The predicted molar refractivity (Wildman–Crippen MR) is 222 cm³/mol. The molecule has 2 N–H and O–H groups in total. The maximum Gasteiger partial charge on any atom is 0.308 e. The minimum atomic E-state index is -0.517. The van der Waals surface area contributed by atoms with Crippen LogP contribution in [0.25, 0.3) is 11.4 Å². The summed E-state index contributed by atoms with van der Waals surface area (Å²) < 4.78 is 21.8. The van der Waals surface area contributed by atoms with E-state index in [9.17, 15) is 19.2 Å². The molecule has 1 aliphatic heterocycles. The van der Waals surface area contributed by atoms with Crippen LogP contribution in [0.2, 0.25) is 0 Å². The van der Waals surface area contributed by atoms with Crippen molar-refractivity contribution in [3.63, 3.8) is 0 Å². The van der Waals surface area contributed by atoms with Crippen molar-refractivity contribution < 1.29 is 38.1 Å². The molecule has 1 fully saturated rings. The van der Waals surface area contributed by atoms with Gasteiger partial charge in [-0.2, -0.15) is 0 Å². The minimum Gasteiger partial charge on any atom is -0.460 e. The van der Waals surface area contributed by atoms with Crippen LogP contribution in [-0.2, 0) is 23.7 Å². The highest BCUT2D eigenvalue weighted by Gasteiger charge is 2.21. The van der Waals surface area contributed by atoms with Crippen molar-refractivity contribution in [3.05, 3.63) is 102 Å². The van der Waals surface area contributed by atoms with Crippen LogP contribution in [0, 0.1) is 0 Å². The quantitative estimate of drug-likeness (QED) is 0.0789. The number of ether oxygens (including phenoxy) is 4. The van der Waals surface area contributed by atoms with E-state index in [4.69, 9.17) is 18.9 Å². The zero-order valence-electron chi connectivity index (χ0n) is 33.8. The molecular formula is C44H54N6O8. The Morgan fingerprint density at radius 1 is 0.724 bits per heavy atom. The Bertz CT molecular complexity index is 1960. The van der Waals surface area contributed by atoms with Crippen LogP contribution in [0.4, 0.5) is 17.1 Å². The van der Waals surface area contributed by atoms with Crippen LogP contribution < -0.4 is 15.5 Å². The summed E-state index contributed by atoms with van der Waals surface area (Å²) in [6, 6.07) is 21.4. The number of rotatable bonds is 19. The Labute approximate surface area is 340 Å². The third-order valence-corrected chi connectivity index (χ3v) is 9.06. The zero-order valence-corrected chi connectivity index (χ0v) is 33.8. The number of likely N-dealkylation sites (N-methyl/N-ethyl adjacent to an activating group) is 1. The highest BCUT2D eigenvalue weighted by Crippen LogP contribution is 2.28. The first kappa shape index (κ1) is 43.4. The highest BCUT2D eigenvalue weighted by molar-refractivity contribution is 6.13. The molecule has 3 amide bonds. The number of nitrogens with one attached hydrogen (secondary N) is 2. The van der Waals surface area contributed by atoms with Gasteiger partial charge in [-0.15, -0.1) is 0 Å². The molecule has 0 spiro atoms. The van der Waals surface area contributed by atoms with Gasteiger partial charge in [0.05, 0.1) is 75.4 Å². The Morgan fingerprint density at radius 3 is 2.07 bits per heavy atom. The van der Waals surface area contributed by atoms with Gasteiger partial charge in [-0.25, -0.2) is 9.97 Å². The lowest BCUT2D eigenvalue weighted by Gasteiger charge is -2.29. The van der Waals surface area contributed by atoms with E-state index in [0.717, 1.165) is 43.6 Å². The summed E-state index contributed by atoms with van der Waals surface area (Å²) in [5.74, 6) is -0.933. The average molecular weight is 795 g/mol. The number of carbonyl (C=O) groups excluding carboxylic acids is 4. The van der Waals surface area contributed by atoms with E-state index in [1.807, 2.05) is 57.2 Å². The van der Waals surface area contributed by atoms with Gasteiger partial charge in [0.1, 0.15) is 5.60 Å². The van der Waals surface area contributed by atoms with E-state index in [0.29, 0.717) is 62.3 Å². The first-order valence-corrected chi connectivity index (χ1v) is 19.7. The fourth-order valence-electron chi connectivity index (χ4n) is 6.11. The molecule has 0 atom stereocenters. The van der Waals surface area contributed by atoms with E-state index in [1.54, 1.807) is 49.8 Å². The van der Waals surface area contributed by atoms with Crippen molar-refractivity contribution in [3.8, 4) is 11.4 Å². The van der Waals surface area contributed by atoms with Gasteiger partial charge in [-0.3, -0.25) is 19.2 Å². The van der Waals surface area contributed by atoms with Crippen LogP contribution in [0.1, 0.15) is 77.5 Å². The molecule has 0 bridgehead atoms. The minimum absolute atomic E-state index is 0.183. The first-order valence-electron chi connectivity index (χ1n) is 19.7. The Kier molecular flexibility index (Phi) is 16.3. The van der Waals surface area contributed by atoms with Gasteiger partial charge >= 0.3 is 5.97 Å². The maximum atomic E-state index is 13.8. The molecule has 1 aromatic heterocycles. The van der Waals surface area contributed by atoms with Gasteiger partial charge in [0.2, 0.25) is 0 Å². The molecule has 0 radical (unpaired) electrons. The summed E-state index contributed by atoms with van der Waals surface area (Å²) in [7, 11) is 1.67. The van der Waals surface area contributed by atoms with Crippen LogP contribution in [0.15, 0.2) is 85.2 Å². The molecule has 0 saturated carbocycles. The van der Waals surface area contributed by atoms with E-state index in [-0.39, 0.29) is 36.0 Å². The normalized spacial score (nSPS) is 12.8. The Balaban J connectivity index is 1.11. The van der Waals surface area contributed by atoms with Crippen LogP contribution in [0.5, 0.6) is 0 Å². The molecule has 14 nitrogen and oxygen atoms in total. The Hall–Kier alpha value is -5.70. The molecule has 2 heterocycles. The number of aromatic nitrogens is 2. The third-order valence-electron chi connectivity index (χ3n) is 9.06. The van der Waals surface area contributed by atoms with Crippen LogP contribution in [-0.4, -0.2) is 110 Å². The number of benzene rings is 3. The van der Waals surface area contributed by atoms with Crippen molar-refractivity contribution in [2.24, 2.45) is 0 Å². The largest absolute Gasteiger partial charge is 0.460 e. The van der Waals surface area contributed by atoms with E-state index in [2.05, 4.69) is 25.5 Å². The molecule has 3 aromatic carbocycles. The predicted octanol–water partition coefficient (Wildman–Crippen LogP) is 6.49. The summed E-state index contributed by atoms with van der Waals surface area (Å²) in [4.78, 5) is 65.1. The summed E-state index contributed by atoms with van der Waals surface area (Å²) in [5, 5.41) is 5.79. The highest BCUT2D eigenvalue weighted by atomic mass is 16.6. The molecule has 5 rings (SSSR count). The average Bonchev–Trinajstić information content (AvgIpc) is 3.22. The van der Waals surface area contributed by atoms with Crippen LogP contribution >= 0.6 is 0 Å². The number of esters is 1. The van der Waals surface area contributed by atoms with Gasteiger partial charge in [0, 0.05) is 49.1 Å². The molecular weight excluding hydrogens is 741 g/mol. The lowest BCUT2D eigenvalue weighted by molar-refractivity contribution is -0.156. The summed E-state index contributed by atoms with van der Waals surface area (Å²) in [6.07, 6.45) is 6.58. The summed E-state index contributed by atoms with van der Waals surface area (Å²) in [5.41, 5.74) is 2.85. The maximum absolute atomic E-state index is 13.8. The summed E-state index contributed by atoms with van der Waals surface area (Å²) in [6.45, 7) is 9.50. The Morgan fingerprint density at radius 2 is 1.38 bits per heavy atom. The van der Waals surface area contributed by atoms with Gasteiger partial charge < -0.3 is 39.4 Å². The second-order valence-corrected chi connectivity index (χ2v) is 14.8. The zero-order chi connectivity index (χ0) is 41.3. The fraction of sp³-hybridized carbons (Fsp3) is 0.409. The monoisotopic (exact) mass is 794 g/mol. The number of hydrogen-bond acceptors (Lipinski definition) is 11. The van der Waals surface area contributed by atoms with Crippen molar-refractivity contribution in [2.45, 2.75) is 52.1 Å². The third kappa shape index (κ3) is 13.7. The van der Waals surface area contributed by atoms with Gasteiger partial charge in [-0.05, 0) is 76.4 Å². The first-order chi connectivity index (χ1) is 28.0. The number of piperidine rings is 1. The molecule has 58 heavy (non-hydrogen) atoms. The molecule has 1 saturated heterocycles. The number of hydrogen-bond donors (Lipinski definition) is 2. The molecule has 308 valence electrons. The van der Waals surface area contributed by atoms with Gasteiger partial charge in [0.15, 0.2) is 5.82 Å². The number of anilines is 3. The van der Waals surface area contributed by atoms with Crippen molar-refractivity contribution >= 4 is 40.8 Å². The second kappa shape index (κ2) is 21.7. The van der Waals surface area contributed by atoms with Crippen molar-refractivity contribution in [1.29, 1.82) is 0 Å². The molecule has 0 unspecified atom stereocenters. The second-order valence-electron chi connectivity index (χ2n) is 14.8. The molecule has 1 aliphatic rings. The van der Waals surface area contributed by atoms with E-state index < -0.39 is 17.4 Å². The van der Waals surface area contributed by atoms with Gasteiger partial charge in [0.25, 0.3) is 17.7 Å².